The molecule has 2 rings (SSSR count). The van der Waals surface area contributed by atoms with Gasteiger partial charge in [0.05, 0.1) is 12.8 Å². The van der Waals surface area contributed by atoms with Crippen LogP contribution in [0.5, 0.6) is 5.75 Å². The Bertz CT molecular complexity index is 688. The van der Waals surface area contributed by atoms with E-state index in [0.717, 1.165) is 24.9 Å². The molecule has 1 amide bonds. The number of methoxy groups -OCH3 is 1. The SMILES string of the molecule is CCCCCNC(=O)c1cc(Nc2ccccc2OC)nc(C)n1. The molecule has 24 heavy (non-hydrogen) atoms. The van der Waals surface area contributed by atoms with Gasteiger partial charge in [-0.05, 0) is 25.5 Å². The molecule has 128 valence electrons. The molecule has 2 aromatic rings. The minimum absolute atomic E-state index is 0.181. The molecule has 0 saturated heterocycles. The van der Waals surface area contributed by atoms with Crippen LogP contribution >= 0.6 is 0 Å². The minimum atomic E-state index is -0.181. The Balaban J connectivity index is 2.12. The first kappa shape index (κ1) is 17.7. The predicted octanol–water partition coefficient (Wildman–Crippen LogP) is 3.46. The fourth-order valence-electron chi connectivity index (χ4n) is 2.30. The Morgan fingerprint density at radius 3 is 2.75 bits per heavy atom. The number of aryl methyl sites for hydroxylation is 1. The number of unbranched alkanes of at least 4 members (excludes halogenated alkanes) is 2. The highest BCUT2D eigenvalue weighted by Gasteiger charge is 2.11. The predicted molar refractivity (Wildman–Crippen MR) is 94.9 cm³/mol. The summed E-state index contributed by atoms with van der Waals surface area (Å²) in [6, 6.07) is 9.19. The number of nitrogens with one attached hydrogen (secondary N) is 2. The van der Waals surface area contributed by atoms with E-state index in [-0.39, 0.29) is 5.91 Å². The number of aromatic nitrogens is 2. The van der Waals surface area contributed by atoms with E-state index >= 15 is 0 Å². The van der Waals surface area contributed by atoms with Gasteiger partial charge < -0.3 is 15.4 Å². The molecule has 1 heterocycles. The second-order valence-corrected chi connectivity index (χ2v) is 5.47. The van der Waals surface area contributed by atoms with Crippen LogP contribution in [0.25, 0.3) is 0 Å². The van der Waals surface area contributed by atoms with Crippen molar-refractivity contribution < 1.29 is 9.53 Å². The maximum atomic E-state index is 12.2. The summed E-state index contributed by atoms with van der Waals surface area (Å²) in [6.45, 7) is 4.55. The molecule has 0 radical (unpaired) electrons. The number of benzene rings is 1. The lowest BCUT2D eigenvalue weighted by Gasteiger charge is -2.11. The first-order valence-corrected chi connectivity index (χ1v) is 8.18. The minimum Gasteiger partial charge on any atom is -0.495 e. The van der Waals surface area contributed by atoms with E-state index in [2.05, 4.69) is 27.5 Å². The van der Waals surface area contributed by atoms with Crippen LogP contribution in [0.2, 0.25) is 0 Å². The molecule has 2 N–H and O–H groups in total. The summed E-state index contributed by atoms with van der Waals surface area (Å²) in [4.78, 5) is 20.8. The lowest BCUT2D eigenvalue weighted by Crippen LogP contribution is -2.25. The molecular weight excluding hydrogens is 304 g/mol. The van der Waals surface area contributed by atoms with E-state index < -0.39 is 0 Å². The highest BCUT2D eigenvalue weighted by molar-refractivity contribution is 5.93. The van der Waals surface area contributed by atoms with Gasteiger partial charge in [0.15, 0.2) is 0 Å². The Kier molecular flexibility index (Phi) is 6.54. The zero-order valence-electron chi connectivity index (χ0n) is 14.4. The number of anilines is 2. The topological polar surface area (TPSA) is 76.1 Å². The monoisotopic (exact) mass is 328 g/mol. The number of amides is 1. The van der Waals surface area contributed by atoms with E-state index in [4.69, 9.17) is 4.74 Å². The highest BCUT2D eigenvalue weighted by Crippen LogP contribution is 2.26. The van der Waals surface area contributed by atoms with Crippen LogP contribution in [0.4, 0.5) is 11.5 Å². The van der Waals surface area contributed by atoms with Gasteiger partial charge in [-0.1, -0.05) is 31.9 Å². The van der Waals surface area contributed by atoms with Gasteiger partial charge in [0.25, 0.3) is 5.91 Å². The third-order valence-electron chi connectivity index (χ3n) is 3.51. The number of carbonyl (C=O) groups excluding carboxylic acids is 1. The maximum absolute atomic E-state index is 12.2. The average Bonchev–Trinajstić information content (AvgIpc) is 2.58. The standard InChI is InChI=1S/C18H24N4O2/c1-4-5-8-11-19-18(23)15-12-17(21-13(2)20-15)22-14-9-6-7-10-16(14)24-3/h6-7,9-10,12H,4-5,8,11H2,1-3H3,(H,19,23)(H,20,21,22). The molecule has 0 aliphatic rings. The Morgan fingerprint density at radius 2 is 2.00 bits per heavy atom. The first-order valence-electron chi connectivity index (χ1n) is 8.18. The van der Waals surface area contributed by atoms with Crippen LogP contribution in [0, 0.1) is 6.92 Å². The van der Waals surface area contributed by atoms with Crippen LogP contribution in [0.1, 0.15) is 42.5 Å². The summed E-state index contributed by atoms with van der Waals surface area (Å²) in [7, 11) is 1.61. The fourth-order valence-corrected chi connectivity index (χ4v) is 2.30. The van der Waals surface area contributed by atoms with Crippen molar-refractivity contribution in [2.75, 3.05) is 19.0 Å². The molecule has 0 unspecified atom stereocenters. The molecule has 0 fully saturated rings. The third kappa shape index (κ3) is 4.94. The summed E-state index contributed by atoms with van der Waals surface area (Å²) in [5, 5.41) is 6.07. The van der Waals surface area contributed by atoms with Gasteiger partial charge in [0.1, 0.15) is 23.1 Å². The van der Waals surface area contributed by atoms with Crippen molar-refractivity contribution in [3.63, 3.8) is 0 Å². The van der Waals surface area contributed by atoms with Crippen molar-refractivity contribution in [2.45, 2.75) is 33.1 Å². The smallest absolute Gasteiger partial charge is 0.270 e. The molecule has 6 heteroatoms. The van der Waals surface area contributed by atoms with E-state index in [1.165, 1.54) is 0 Å². The summed E-state index contributed by atoms with van der Waals surface area (Å²) < 4.78 is 5.32. The van der Waals surface area contributed by atoms with Gasteiger partial charge in [0.2, 0.25) is 0 Å². The van der Waals surface area contributed by atoms with E-state index in [0.29, 0.717) is 29.6 Å². The van der Waals surface area contributed by atoms with Crippen molar-refractivity contribution in [1.82, 2.24) is 15.3 Å². The number of hydrogen-bond donors (Lipinski definition) is 2. The summed E-state index contributed by atoms with van der Waals surface area (Å²) in [5.41, 5.74) is 1.14. The number of para-hydroxylation sites is 2. The zero-order valence-corrected chi connectivity index (χ0v) is 14.4. The Morgan fingerprint density at radius 1 is 1.21 bits per heavy atom. The molecule has 0 spiro atoms. The molecule has 1 aromatic heterocycles. The van der Waals surface area contributed by atoms with Gasteiger partial charge in [-0.15, -0.1) is 0 Å². The molecule has 0 bridgehead atoms. The lowest BCUT2D eigenvalue weighted by molar-refractivity contribution is 0.0947. The van der Waals surface area contributed by atoms with Crippen LogP contribution in [0.15, 0.2) is 30.3 Å². The molecule has 0 saturated carbocycles. The van der Waals surface area contributed by atoms with Crippen molar-refractivity contribution in [3.8, 4) is 5.75 Å². The van der Waals surface area contributed by atoms with E-state index in [1.807, 2.05) is 24.3 Å². The number of ether oxygens (including phenoxy) is 1. The van der Waals surface area contributed by atoms with Crippen molar-refractivity contribution >= 4 is 17.4 Å². The number of nitrogens with zero attached hydrogens (tertiary/aromatic N) is 2. The van der Waals surface area contributed by atoms with Crippen molar-refractivity contribution in [1.29, 1.82) is 0 Å². The van der Waals surface area contributed by atoms with Crippen molar-refractivity contribution in [3.05, 3.63) is 41.9 Å². The molecule has 6 nitrogen and oxygen atoms in total. The second-order valence-electron chi connectivity index (χ2n) is 5.47. The second kappa shape index (κ2) is 8.86. The number of rotatable bonds is 8. The van der Waals surface area contributed by atoms with E-state index in [9.17, 15) is 4.79 Å². The van der Waals surface area contributed by atoms with Gasteiger partial charge >= 0.3 is 0 Å². The van der Waals surface area contributed by atoms with Crippen LogP contribution < -0.4 is 15.4 Å². The summed E-state index contributed by atoms with van der Waals surface area (Å²) in [6.07, 6.45) is 3.19. The normalized spacial score (nSPS) is 10.3. The van der Waals surface area contributed by atoms with Gasteiger partial charge in [-0.25, -0.2) is 9.97 Å². The van der Waals surface area contributed by atoms with Crippen LogP contribution in [-0.2, 0) is 0 Å². The quantitative estimate of drug-likeness (QED) is 0.726. The zero-order chi connectivity index (χ0) is 17.4. The van der Waals surface area contributed by atoms with Crippen molar-refractivity contribution in [2.24, 2.45) is 0 Å². The Labute approximate surface area is 142 Å². The lowest BCUT2D eigenvalue weighted by atomic mass is 10.2. The molecule has 1 aromatic carbocycles. The molecule has 0 aliphatic carbocycles. The number of hydrogen-bond acceptors (Lipinski definition) is 5. The van der Waals surface area contributed by atoms with Crippen LogP contribution in [-0.4, -0.2) is 29.5 Å². The highest BCUT2D eigenvalue weighted by atomic mass is 16.5. The Hall–Kier alpha value is -2.63. The average molecular weight is 328 g/mol. The van der Waals surface area contributed by atoms with Crippen LogP contribution in [0.3, 0.4) is 0 Å². The molecule has 0 atom stereocenters. The summed E-state index contributed by atoms with van der Waals surface area (Å²) >= 11 is 0. The summed E-state index contributed by atoms with van der Waals surface area (Å²) in [5.74, 6) is 1.62. The largest absolute Gasteiger partial charge is 0.495 e. The van der Waals surface area contributed by atoms with Gasteiger partial charge in [0, 0.05) is 12.6 Å². The van der Waals surface area contributed by atoms with Gasteiger partial charge in [-0.2, -0.15) is 0 Å². The third-order valence-corrected chi connectivity index (χ3v) is 3.51. The molecule has 0 aliphatic heterocycles. The maximum Gasteiger partial charge on any atom is 0.270 e. The van der Waals surface area contributed by atoms with E-state index in [1.54, 1.807) is 20.1 Å². The van der Waals surface area contributed by atoms with Gasteiger partial charge in [-0.3, -0.25) is 4.79 Å². The fraction of sp³-hybridized carbons (Fsp3) is 0.389. The molecular formula is C18H24N4O2. The first-order chi connectivity index (χ1) is 11.6. The number of carbonyl (C=O) groups is 1.